The van der Waals surface area contributed by atoms with Gasteiger partial charge in [-0.25, -0.2) is 0 Å². The molecule has 3 N–H and O–H groups in total. The Hall–Kier alpha value is -1.29. The number of carbonyl (C=O) groups is 1. The molecule has 0 fully saturated rings. The Kier molecular flexibility index (Phi) is 3.52. The van der Waals surface area contributed by atoms with Gasteiger partial charge >= 0.3 is 0 Å². The summed E-state index contributed by atoms with van der Waals surface area (Å²) in [4.78, 5) is 11.1. The van der Waals surface area contributed by atoms with E-state index in [1.807, 2.05) is 6.92 Å². The summed E-state index contributed by atoms with van der Waals surface area (Å²) in [6.45, 7) is 2.50. The van der Waals surface area contributed by atoms with Gasteiger partial charge in [0.1, 0.15) is 5.76 Å². The van der Waals surface area contributed by atoms with Gasteiger partial charge in [0.15, 0.2) is 0 Å². The van der Waals surface area contributed by atoms with Crippen molar-refractivity contribution >= 4 is 5.91 Å². The number of nitrogens with two attached hydrogens (primary N) is 1. The summed E-state index contributed by atoms with van der Waals surface area (Å²) in [5, 5.41) is 2.68. The van der Waals surface area contributed by atoms with Crippen molar-refractivity contribution in [3.63, 3.8) is 0 Å². The molecule has 13 heavy (non-hydrogen) atoms. The lowest BCUT2D eigenvalue weighted by molar-refractivity contribution is -0.121. The predicted molar refractivity (Wildman–Crippen MR) is 48.9 cm³/mol. The number of amides is 1. The molecule has 1 aromatic rings. The van der Waals surface area contributed by atoms with E-state index < -0.39 is 0 Å². The maximum absolute atomic E-state index is 11.1. The van der Waals surface area contributed by atoms with E-state index in [-0.39, 0.29) is 18.4 Å². The van der Waals surface area contributed by atoms with Gasteiger partial charge in [-0.1, -0.05) is 0 Å². The second-order valence-electron chi connectivity index (χ2n) is 2.78. The van der Waals surface area contributed by atoms with Crippen LogP contribution in [0.3, 0.4) is 0 Å². The molecule has 0 saturated carbocycles. The van der Waals surface area contributed by atoms with E-state index in [9.17, 15) is 4.79 Å². The fourth-order valence-electron chi connectivity index (χ4n) is 1.07. The second-order valence-corrected chi connectivity index (χ2v) is 2.78. The molecule has 1 unspecified atom stereocenters. The van der Waals surface area contributed by atoms with Crippen LogP contribution in [0.2, 0.25) is 0 Å². The van der Waals surface area contributed by atoms with Crippen molar-refractivity contribution in [1.82, 2.24) is 5.32 Å². The molecule has 0 radical (unpaired) electrons. The van der Waals surface area contributed by atoms with Gasteiger partial charge in [-0.3, -0.25) is 4.79 Å². The fraction of sp³-hybridized carbons (Fsp3) is 0.444. The molecule has 72 valence electrons. The second kappa shape index (κ2) is 4.67. The predicted octanol–water partition coefficient (Wildman–Crippen LogP) is 0.806. The van der Waals surface area contributed by atoms with Crippen molar-refractivity contribution in [3.05, 3.63) is 24.2 Å². The largest absolute Gasteiger partial charge is 0.468 e. The van der Waals surface area contributed by atoms with Crippen molar-refractivity contribution < 1.29 is 9.21 Å². The molecule has 4 heteroatoms. The lowest BCUT2D eigenvalue weighted by Crippen LogP contribution is -2.26. The first kappa shape index (κ1) is 9.80. The Labute approximate surface area is 77.1 Å². The van der Waals surface area contributed by atoms with Gasteiger partial charge in [-0.15, -0.1) is 0 Å². The van der Waals surface area contributed by atoms with Crippen molar-refractivity contribution in [3.8, 4) is 0 Å². The van der Waals surface area contributed by atoms with Crippen LogP contribution >= 0.6 is 0 Å². The van der Waals surface area contributed by atoms with E-state index in [0.29, 0.717) is 12.3 Å². The molecule has 1 rings (SSSR count). The summed E-state index contributed by atoms with van der Waals surface area (Å²) < 4.78 is 5.07. The molecule has 0 aromatic carbocycles. The summed E-state index contributed by atoms with van der Waals surface area (Å²) >= 11 is 0. The van der Waals surface area contributed by atoms with E-state index in [4.69, 9.17) is 10.2 Å². The maximum Gasteiger partial charge on any atom is 0.222 e. The summed E-state index contributed by atoms with van der Waals surface area (Å²) in [6, 6.07) is 3.18. The summed E-state index contributed by atoms with van der Waals surface area (Å²) in [5.41, 5.74) is 5.72. The molecule has 0 saturated heterocycles. The van der Waals surface area contributed by atoms with Gasteiger partial charge in [0.25, 0.3) is 0 Å². The Morgan fingerprint density at radius 1 is 1.77 bits per heavy atom. The topological polar surface area (TPSA) is 68.3 Å². The van der Waals surface area contributed by atoms with E-state index in [0.717, 1.165) is 0 Å². The number of carbonyl (C=O) groups excluding carboxylic acids is 1. The number of nitrogens with one attached hydrogen (secondary N) is 1. The average Bonchev–Trinajstić information content (AvgIpc) is 2.55. The Balaban J connectivity index is 2.42. The Morgan fingerprint density at radius 3 is 3.08 bits per heavy atom. The van der Waals surface area contributed by atoms with E-state index in [1.165, 1.54) is 0 Å². The van der Waals surface area contributed by atoms with Gasteiger partial charge in [0.2, 0.25) is 5.91 Å². The van der Waals surface area contributed by atoms with Gasteiger partial charge in [-0.05, 0) is 19.1 Å². The minimum atomic E-state index is -0.346. The zero-order valence-corrected chi connectivity index (χ0v) is 7.62. The normalized spacial score (nSPS) is 12.5. The molecular weight excluding hydrogens is 168 g/mol. The monoisotopic (exact) mass is 182 g/mol. The highest BCUT2D eigenvalue weighted by Gasteiger charge is 2.12. The number of rotatable bonds is 4. The zero-order valence-electron chi connectivity index (χ0n) is 7.62. The quantitative estimate of drug-likeness (QED) is 0.723. The lowest BCUT2D eigenvalue weighted by atomic mass is 10.1. The van der Waals surface area contributed by atoms with Crippen molar-refractivity contribution in [2.75, 3.05) is 6.54 Å². The highest BCUT2D eigenvalue weighted by atomic mass is 16.3. The lowest BCUT2D eigenvalue weighted by Gasteiger charge is -2.07. The molecular formula is C9H14N2O2. The maximum atomic E-state index is 11.1. The molecule has 1 amide bonds. The van der Waals surface area contributed by atoms with E-state index >= 15 is 0 Å². The SMILES string of the molecule is CCNC(=O)CC(N)c1ccco1. The van der Waals surface area contributed by atoms with E-state index in [1.54, 1.807) is 18.4 Å². The number of furan rings is 1. The standard InChI is InChI=1S/C9H14N2O2/c1-2-11-9(12)6-7(10)8-4-3-5-13-8/h3-5,7H,2,6,10H2,1H3,(H,11,12). The fourth-order valence-corrected chi connectivity index (χ4v) is 1.07. The van der Waals surface area contributed by atoms with Crippen LogP contribution in [-0.2, 0) is 4.79 Å². The highest BCUT2D eigenvalue weighted by molar-refractivity contribution is 5.76. The van der Waals surface area contributed by atoms with Crippen LogP contribution in [-0.4, -0.2) is 12.5 Å². The summed E-state index contributed by atoms with van der Waals surface area (Å²) in [6.07, 6.45) is 1.81. The van der Waals surface area contributed by atoms with Crippen molar-refractivity contribution in [2.24, 2.45) is 5.73 Å². The highest BCUT2D eigenvalue weighted by Crippen LogP contribution is 2.13. The Bertz CT molecular complexity index is 257. The minimum Gasteiger partial charge on any atom is -0.468 e. The molecule has 1 atom stereocenters. The third-order valence-electron chi connectivity index (χ3n) is 1.69. The number of hydrogen-bond donors (Lipinski definition) is 2. The van der Waals surface area contributed by atoms with Gasteiger partial charge in [0.05, 0.1) is 12.3 Å². The van der Waals surface area contributed by atoms with Crippen LogP contribution in [0.5, 0.6) is 0 Å². The molecule has 0 aliphatic carbocycles. The average molecular weight is 182 g/mol. The van der Waals surface area contributed by atoms with Crippen molar-refractivity contribution in [2.45, 2.75) is 19.4 Å². The molecule has 0 bridgehead atoms. The van der Waals surface area contributed by atoms with E-state index in [2.05, 4.69) is 5.32 Å². The molecule has 1 aromatic heterocycles. The molecule has 0 aliphatic heterocycles. The summed E-state index contributed by atoms with van der Waals surface area (Å²) in [7, 11) is 0. The van der Waals surface area contributed by atoms with Crippen LogP contribution in [0.25, 0.3) is 0 Å². The number of hydrogen-bond acceptors (Lipinski definition) is 3. The molecule has 0 spiro atoms. The van der Waals surface area contributed by atoms with Crippen LogP contribution in [0.1, 0.15) is 25.1 Å². The van der Waals surface area contributed by atoms with Crippen LogP contribution < -0.4 is 11.1 Å². The first-order valence-electron chi connectivity index (χ1n) is 4.29. The summed E-state index contributed by atoms with van der Waals surface area (Å²) in [5.74, 6) is 0.595. The third kappa shape index (κ3) is 2.91. The van der Waals surface area contributed by atoms with Gasteiger partial charge < -0.3 is 15.5 Å². The molecule has 1 heterocycles. The van der Waals surface area contributed by atoms with Crippen LogP contribution in [0, 0.1) is 0 Å². The van der Waals surface area contributed by atoms with Gasteiger partial charge in [0, 0.05) is 13.0 Å². The first-order chi connectivity index (χ1) is 6.24. The third-order valence-corrected chi connectivity index (χ3v) is 1.69. The van der Waals surface area contributed by atoms with Crippen LogP contribution in [0.4, 0.5) is 0 Å². The van der Waals surface area contributed by atoms with Gasteiger partial charge in [-0.2, -0.15) is 0 Å². The van der Waals surface area contributed by atoms with Crippen molar-refractivity contribution in [1.29, 1.82) is 0 Å². The first-order valence-corrected chi connectivity index (χ1v) is 4.29. The molecule has 4 nitrogen and oxygen atoms in total. The Morgan fingerprint density at radius 2 is 2.54 bits per heavy atom. The smallest absolute Gasteiger partial charge is 0.222 e. The zero-order chi connectivity index (χ0) is 9.68. The molecule has 0 aliphatic rings. The minimum absolute atomic E-state index is 0.0496. The van der Waals surface area contributed by atoms with Crippen LogP contribution in [0.15, 0.2) is 22.8 Å².